The number of rotatable bonds is 4. The SMILES string of the molecule is Cc1ccc(-c2nnn(CC(=O)Nc3c(C)cc(C)cc3C)n2)cc1. The van der Waals surface area contributed by atoms with E-state index in [4.69, 9.17) is 0 Å². The molecule has 6 nitrogen and oxygen atoms in total. The Balaban J connectivity index is 1.71. The second kappa shape index (κ2) is 6.84. The minimum atomic E-state index is -0.178. The highest BCUT2D eigenvalue weighted by Crippen LogP contribution is 2.22. The van der Waals surface area contributed by atoms with Crippen molar-refractivity contribution in [2.24, 2.45) is 0 Å². The Bertz CT molecular complexity index is 889. The van der Waals surface area contributed by atoms with Crippen LogP contribution >= 0.6 is 0 Å². The number of nitrogens with one attached hydrogen (secondary N) is 1. The van der Waals surface area contributed by atoms with Gasteiger partial charge in [0.05, 0.1) is 0 Å². The van der Waals surface area contributed by atoms with Crippen LogP contribution in [0, 0.1) is 27.7 Å². The lowest BCUT2D eigenvalue weighted by atomic mass is 10.1. The predicted molar refractivity (Wildman–Crippen MR) is 97.3 cm³/mol. The van der Waals surface area contributed by atoms with Gasteiger partial charge < -0.3 is 5.32 Å². The topological polar surface area (TPSA) is 72.7 Å². The summed E-state index contributed by atoms with van der Waals surface area (Å²) in [5.41, 5.74) is 6.14. The second-order valence-corrected chi connectivity index (χ2v) is 6.33. The number of hydrogen-bond donors (Lipinski definition) is 1. The summed E-state index contributed by atoms with van der Waals surface area (Å²) in [5, 5.41) is 15.2. The van der Waals surface area contributed by atoms with E-state index in [2.05, 4.69) is 20.7 Å². The standard InChI is InChI=1S/C19H21N5O/c1-12-5-7-16(8-6-12)19-21-23-24(22-19)11-17(25)20-18-14(3)9-13(2)10-15(18)4/h5-10H,11H2,1-4H3,(H,20,25). The summed E-state index contributed by atoms with van der Waals surface area (Å²) < 4.78 is 0. The predicted octanol–water partition coefficient (Wildman–Crippen LogP) is 3.21. The van der Waals surface area contributed by atoms with Crippen molar-refractivity contribution in [3.05, 3.63) is 58.7 Å². The maximum Gasteiger partial charge on any atom is 0.248 e. The molecule has 3 aromatic rings. The van der Waals surface area contributed by atoms with Crippen LogP contribution in [0.3, 0.4) is 0 Å². The normalized spacial score (nSPS) is 10.7. The smallest absolute Gasteiger partial charge is 0.248 e. The van der Waals surface area contributed by atoms with Crippen LogP contribution in [-0.4, -0.2) is 26.1 Å². The third-order valence-corrected chi connectivity index (χ3v) is 3.99. The van der Waals surface area contributed by atoms with E-state index < -0.39 is 0 Å². The summed E-state index contributed by atoms with van der Waals surface area (Å²) in [6, 6.07) is 12.0. The van der Waals surface area contributed by atoms with E-state index in [1.165, 1.54) is 15.9 Å². The van der Waals surface area contributed by atoms with Gasteiger partial charge in [0.2, 0.25) is 11.7 Å². The van der Waals surface area contributed by atoms with Crippen molar-refractivity contribution in [3.63, 3.8) is 0 Å². The Kier molecular flexibility index (Phi) is 4.61. The molecule has 6 heteroatoms. The molecule has 0 aliphatic carbocycles. The summed E-state index contributed by atoms with van der Waals surface area (Å²) in [6.07, 6.45) is 0. The molecule has 0 atom stereocenters. The number of amides is 1. The molecule has 0 aliphatic rings. The zero-order valence-electron chi connectivity index (χ0n) is 14.9. The first-order valence-corrected chi connectivity index (χ1v) is 8.15. The summed E-state index contributed by atoms with van der Waals surface area (Å²) in [6.45, 7) is 8.05. The quantitative estimate of drug-likeness (QED) is 0.794. The summed E-state index contributed by atoms with van der Waals surface area (Å²) in [7, 11) is 0. The molecule has 25 heavy (non-hydrogen) atoms. The van der Waals surface area contributed by atoms with E-state index in [0.717, 1.165) is 22.4 Å². The Labute approximate surface area is 146 Å². The first-order valence-electron chi connectivity index (χ1n) is 8.15. The number of aryl methyl sites for hydroxylation is 4. The highest BCUT2D eigenvalue weighted by Gasteiger charge is 2.12. The minimum Gasteiger partial charge on any atom is -0.324 e. The molecule has 0 aliphatic heterocycles. The van der Waals surface area contributed by atoms with Gasteiger partial charge in [0.15, 0.2) is 0 Å². The summed E-state index contributed by atoms with van der Waals surface area (Å²) in [4.78, 5) is 13.6. The van der Waals surface area contributed by atoms with Crippen LogP contribution < -0.4 is 5.32 Å². The highest BCUT2D eigenvalue weighted by molar-refractivity contribution is 5.92. The molecular weight excluding hydrogens is 314 g/mol. The summed E-state index contributed by atoms with van der Waals surface area (Å²) in [5.74, 6) is 0.332. The maximum absolute atomic E-state index is 12.3. The fourth-order valence-corrected chi connectivity index (χ4v) is 2.81. The van der Waals surface area contributed by atoms with Crippen molar-refractivity contribution in [3.8, 4) is 11.4 Å². The van der Waals surface area contributed by atoms with Gasteiger partial charge >= 0.3 is 0 Å². The number of aromatic nitrogens is 4. The molecular formula is C19H21N5O. The zero-order valence-corrected chi connectivity index (χ0v) is 14.9. The first-order chi connectivity index (χ1) is 11.9. The minimum absolute atomic E-state index is 0.0195. The van der Waals surface area contributed by atoms with E-state index >= 15 is 0 Å². The van der Waals surface area contributed by atoms with Gasteiger partial charge in [-0.15, -0.1) is 10.2 Å². The van der Waals surface area contributed by atoms with Gasteiger partial charge in [0, 0.05) is 11.3 Å². The molecule has 1 heterocycles. The third kappa shape index (κ3) is 3.91. The number of hydrogen-bond acceptors (Lipinski definition) is 4. The van der Waals surface area contributed by atoms with Crippen LogP contribution in [0.5, 0.6) is 0 Å². The zero-order chi connectivity index (χ0) is 18.0. The molecule has 0 fully saturated rings. The van der Waals surface area contributed by atoms with Gasteiger partial charge in [-0.3, -0.25) is 4.79 Å². The van der Waals surface area contributed by atoms with Gasteiger partial charge in [0.25, 0.3) is 0 Å². The second-order valence-electron chi connectivity index (χ2n) is 6.33. The van der Waals surface area contributed by atoms with Crippen LogP contribution in [0.2, 0.25) is 0 Å². The molecule has 0 unspecified atom stereocenters. The molecule has 2 aromatic carbocycles. The Morgan fingerprint density at radius 2 is 1.64 bits per heavy atom. The average molecular weight is 335 g/mol. The summed E-state index contributed by atoms with van der Waals surface area (Å²) >= 11 is 0. The van der Waals surface area contributed by atoms with Crippen molar-refractivity contribution < 1.29 is 4.79 Å². The van der Waals surface area contributed by atoms with E-state index in [1.54, 1.807) is 0 Å². The van der Waals surface area contributed by atoms with E-state index in [-0.39, 0.29) is 12.5 Å². The van der Waals surface area contributed by atoms with Crippen molar-refractivity contribution >= 4 is 11.6 Å². The van der Waals surface area contributed by atoms with Gasteiger partial charge in [-0.2, -0.15) is 4.80 Å². The fraction of sp³-hybridized carbons (Fsp3) is 0.263. The van der Waals surface area contributed by atoms with Gasteiger partial charge in [-0.25, -0.2) is 0 Å². The Hall–Kier alpha value is -3.02. The molecule has 3 rings (SSSR count). The largest absolute Gasteiger partial charge is 0.324 e. The molecule has 1 amide bonds. The van der Waals surface area contributed by atoms with Crippen LogP contribution in [0.15, 0.2) is 36.4 Å². The fourth-order valence-electron chi connectivity index (χ4n) is 2.81. The average Bonchev–Trinajstić information content (AvgIpc) is 3.00. The Morgan fingerprint density at radius 3 is 2.28 bits per heavy atom. The molecule has 0 bridgehead atoms. The molecule has 0 saturated heterocycles. The molecule has 0 saturated carbocycles. The monoisotopic (exact) mass is 335 g/mol. The first kappa shape index (κ1) is 16.8. The van der Waals surface area contributed by atoms with Gasteiger partial charge in [0.1, 0.15) is 6.54 Å². The lowest BCUT2D eigenvalue weighted by molar-refractivity contribution is -0.117. The lowest BCUT2D eigenvalue weighted by Gasteiger charge is -2.12. The number of tetrazole rings is 1. The van der Waals surface area contributed by atoms with E-state index in [1.807, 2.05) is 64.1 Å². The van der Waals surface area contributed by atoms with Gasteiger partial charge in [-0.1, -0.05) is 47.5 Å². The molecule has 0 spiro atoms. The number of carbonyl (C=O) groups excluding carboxylic acids is 1. The van der Waals surface area contributed by atoms with E-state index in [0.29, 0.717) is 5.82 Å². The highest BCUT2D eigenvalue weighted by atomic mass is 16.2. The molecule has 0 radical (unpaired) electrons. The number of carbonyl (C=O) groups is 1. The van der Waals surface area contributed by atoms with Crippen LogP contribution in [-0.2, 0) is 11.3 Å². The molecule has 128 valence electrons. The van der Waals surface area contributed by atoms with Crippen molar-refractivity contribution in [1.82, 2.24) is 20.2 Å². The number of nitrogens with zero attached hydrogens (tertiary/aromatic N) is 4. The van der Waals surface area contributed by atoms with Crippen LogP contribution in [0.1, 0.15) is 22.3 Å². The van der Waals surface area contributed by atoms with Crippen molar-refractivity contribution in [2.75, 3.05) is 5.32 Å². The Morgan fingerprint density at radius 1 is 1.00 bits per heavy atom. The molecule has 1 N–H and O–H groups in total. The lowest BCUT2D eigenvalue weighted by Crippen LogP contribution is -2.21. The molecule has 1 aromatic heterocycles. The third-order valence-electron chi connectivity index (χ3n) is 3.99. The van der Waals surface area contributed by atoms with Crippen molar-refractivity contribution in [2.45, 2.75) is 34.2 Å². The van der Waals surface area contributed by atoms with Crippen molar-refractivity contribution in [1.29, 1.82) is 0 Å². The van der Waals surface area contributed by atoms with E-state index in [9.17, 15) is 4.79 Å². The van der Waals surface area contributed by atoms with Gasteiger partial charge in [-0.05, 0) is 44.0 Å². The number of anilines is 1. The number of benzene rings is 2. The van der Waals surface area contributed by atoms with Crippen LogP contribution in [0.25, 0.3) is 11.4 Å². The maximum atomic E-state index is 12.3. The van der Waals surface area contributed by atoms with Crippen LogP contribution in [0.4, 0.5) is 5.69 Å².